The van der Waals surface area contributed by atoms with Crippen LogP contribution in [-0.2, 0) is 9.53 Å². The van der Waals surface area contributed by atoms with Crippen LogP contribution in [0.4, 0.5) is 0 Å². The van der Waals surface area contributed by atoms with E-state index in [9.17, 15) is 9.59 Å². The molecule has 0 saturated carbocycles. The summed E-state index contributed by atoms with van der Waals surface area (Å²) in [5.41, 5.74) is 0.607. The van der Waals surface area contributed by atoms with E-state index in [0.717, 1.165) is 2.88 Å². The van der Waals surface area contributed by atoms with Crippen molar-refractivity contribution in [1.29, 1.82) is 0 Å². The van der Waals surface area contributed by atoms with E-state index in [1.165, 1.54) is 23.3 Å². The molecule has 1 aromatic rings. The lowest BCUT2D eigenvalue weighted by molar-refractivity contribution is -0.141. The number of carbonyl (C=O) groups excluding carboxylic acids is 2. The number of halogens is 1. The molecule has 0 aromatic carbocycles. The van der Waals surface area contributed by atoms with Crippen molar-refractivity contribution in [2.45, 2.75) is 0 Å². The molecule has 0 bridgehead atoms. The average Bonchev–Trinajstić information content (AvgIpc) is 2.63. The minimum atomic E-state index is -0.421. The monoisotopic (exact) mass is 339 g/mol. The highest BCUT2D eigenvalue weighted by Gasteiger charge is 2.16. The fourth-order valence-electron chi connectivity index (χ4n) is 0.973. The lowest BCUT2D eigenvalue weighted by Gasteiger charge is -2.14. The van der Waals surface area contributed by atoms with Crippen molar-refractivity contribution >= 4 is 45.8 Å². The highest BCUT2D eigenvalue weighted by Crippen LogP contribution is 2.17. The van der Waals surface area contributed by atoms with Crippen LogP contribution in [0.2, 0.25) is 0 Å². The second-order valence-corrected chi connectivity index (χ2v) is 5.68. The molecular formula is C9H10INO3S. The Bertz CT molecular complexity index is 377. The van der Waals surface area contributed by atoms with Crippen molar-refractivity contribution in [2.24, 2.45) is 0 Å². The number of hydrogen-bond acceptors (Lipinski definition) is 4. The fourth-order valence-corrected chi connectivity index (χ4v) is 2.29. The summed E-state index contributed by atoms with van der Waals surface area (Å²) in [6.45, 7) is -0.0260. The summed E-state index contributed by atoms with van der Waals surface area (Å²) in [6.07, 6.45) is 0. The number of nitrogens with zero attached hydrogens (tertiary/aromatic N) is 1. The van der Waals surface area contributed by atoms with Gasteiger partial charge in [-0.25, -0.2) is 0 Å². The quantitative estimate of drug-likeness (QED) is 0.621. The number of amides is 1. The maximum Gasteiger partial charge on any atom is 0.325 e. The third kappa shape index (κ3) is 3.45. The molecule has 0 unspecified atom stereocenters. The Hall–Kier alpha value is -0.630. The number of hydrogen-bond donors (Lipinski definition) is 0. The third-order valence-electron chi connectivity index (χ3n) is 1.76. The molecule has 1 heterocycles. The second-order valence-electron chi connectivity index (χ2n) is 2.88. The Kier molecular flexibility index (Phi) is 4.52. The predicted molar refractivity (Wildman–Crippen MR) is 66.0 cm³/mol. The lowest BCUT2D eigenvalue weighted by atomic mass is 10.3. The molecule has 1 rings (SSSR count). The van der Waals surface area contributed by atoms with Gasteiger partial charge < -0.3 is 9.64 Å². The van der Waals surface area contributed by atoms with E-state index in [2.05, 4.69) is 27.3 Å². The Morgan fingerprint density at radius 2 is 2.27 bits per heavy atom. The van der Waals surface area contributed by atoms with Gasteiger partial charge in [0.05, 0.1) is 15.6 Å². The summed E-state index contributed by atoms with van der Waals surface area (Å²) in [5, 5.41) is 1.78. The van der Waals surface area contributed by atoms with Crippen LogP contribution in [0.15, 0.2) is 11.4 Å². The summed E-state index contributed by atoms with van der Waals surface area (Å²) >= 11 is 3.64. The minimum absolute atomic E-state index is 0.0260. The predicted octanol–water partition coefficient (Wildman–Crippen LogP) is 1.60. The number of rotatable bonds is 3. The van der Waals surface area contributed by atoms with Crippen molar-refractivity contribution in [3.05, 3.63) is 19.9 Å². The van der Waals surface area contributed by atoms with Gasteiger partial charge in [0.1, 0.15) is 6.54 Å². The average molecular weight is 339 g/mol. The van der Waals surface area contributed by atoms with E-state index in [-0.39, 0.29) is 12.5 Å². The van der Waals surface area contributed by atoms with Crippen molar-refractivity contribution in [3.8, 4) is 0 Å². The summed E-state index contributed by atoms with van der Waals surface area (Å²) in [4.78, 5) is 24.0. The molecule has 0 N–H and O–H groups in total. The van der Waals surface area contributed by atoms with Crippen LogP contribution >= 0.6 is 33.9 Å². The standard InChI is InChI=1S/C9H10INO3S/c1-11(4-8(12)14-2)9(13)6-3-7(10)15-5-6/h3,5H,4H2,1-2H3. The van der Waals surface area contributed by atoms with Gasteiger partial charge in [0.25, 0.3) is 5.91 Å². The highest BCUT2D eigenvalue weighted by molar-refractivity contribution is 14.1. The van der Waals surface area contributed by atoms with Gasteiger partial charge in [0, 0.05) is 12.4 Å². The van der Waals surface area contributed by atoms with Crippen LogP contribution in [0, 0.1) is 2.88 Å². The first-order chi connectivity index (χ1) is 7.04. The van der Waals surface area contributed by atoms with E-state index in [1.807, 2.05) is 0 Å². The van der Waals surface area contributed by atoms with Gasteiger partial charge in [-0.3, -0.25) is 9.59 Å². The Balaban J connectivity index is 2.64. The highest BCUT2D eigenvalue weighted by atomic mass is 127. The normalized spacial score (nSPS) is 9.80. The van der Waals surface area contributed by atoms with E-state index in [0.29, 0.717) is 5.56 Å². The van der Waals surface area contributed by atoms with Crippen LogP contribution in [0.1, 0.15) is 10.4 Å². The van der Waals surface area contributed by atoms with Gasteiger partial charge in [-0.15, -0.1) is 11.3 Å². The van der Waals surface area contributed by atoms with E-state index in [1.54, 1.807) is 18.5 Å². The summed E-state index contributed by atoms with van der Waals surface area (Å²) in [5.74, 6) is -0.588. The first kappa shape index (κ1) is 12.4. The first-order valence-electron chi connectivity index (χ1n) is 4.11. The molecule has 0 fully saturated rings. The number of esters is 1. The number of likely N-dealkylation sites (N-methyl/N-ethyl adjacent to an activating group) is 1. The molecule has 0 saturated heterocycles. The molecule has 0 aliphatic rings. The number of ether oxygens (including phenoxy) is 1. The SMILES string of the molecule is COC(=O)CN(C)C(=O)c1csc(I)c1. The molecule has 4 nitrogen and oxygen atoms in total. The summed E-state index contributed by atoms with van der Waals surface area (Å²) in [6, 6.07) is 1.79. The smallest absolute Gasteiger partial charge is 0.325 e. The van der Waals surface area contributed by atoms with Gasteiger partial charge in [-0.1, -0.05) is 0 Å². The first-order valence-corrected chi connectivity index (χ1v) is 6.06. The van der Waals surface area contributed by atoms with E-state index >= 15 is 0 Å². The van der Waals surface area contributed by atoms with Crippen LogP contribution in [0.5, 0.6) is 0 Å². The Morgan fingerprint density at radius 3 is 2.73 bits per heavy atom. The van der Waals surface area contributed by atoms with Gasteiger partial charge in [0.2, 0.25) is 0 Å². The van der Waals surface area contributed by atoms with Gasteiger partial charge in [0.15, 0.2) is 0 Å². The zero-order valence-electron chi connectivity index (χ0n) is 8.32. The molecule has 1 aromatic heterocycles. The molecule has 0 spiro atoms. The van der Waals surface area contributed by atoms with Crippen LogP contribution in [0.25, 0.3) is 0 Å². The van der Waals surface area contributed by atoms with Crippen molar-refractivity contribution in [1.82, 2.24) is 4.90 Å². The van der Waals surface area contributed by atoms with Gasteiger partial charge in [-0.2, -0.15) is 0 Å². The zero-order chi connectivity index (χ0) is 11.4. The molecule has 0 aliphatic carbocycles. The minimum Gasteiger partial charge on any atom is -0.468 e. The molecule has 1 amide bonds. The maximum atomic E-state index is 11.7. The van der Waals surface area contributed by atoms with Crippen molar-refractivity contribution < 1.29 is 14.3 Å². The number of carbonyl (C=O) groups is 2. The summed E-state index contributed by atoms with van der Waals surface area (Å²) < 4.78 is 5.52. The second kappa shape index (κ2) is 5.45. The molecule has 82 valence electrons. The number of methoxy groups -OCH3 is 1. The van der Waals surface area contributed by atoms with Crippen LogP contribution in [0.3, 0.4) is 0 Å². The molecule has 0 atom stereocenters. The van der Waals surface area contributed by atoms with Crippen molar-refractivity contribution in [3.63, 3.8) is 0 Å². The Labute approximate surface area is 105 Å². The van der Waals surface area contributed by atoms with Crippen LogP contribution < -0.4 is 0 Å². The largest absolute Gasteiger partial charge is 0.468 e. The van der Waals surface area contributed by atoms with Gasteiger partial charge in [-0.05, 0) is 28.7 Å². The molecule has 6 heteroatoms. The molecule has 15 heavy (non-hydrogen) atoms. The zero-order valence-corrected chi connectivity index (χ0v) is 11.3. The third-order valence-corrected chi connectivity index (χ3v) is 3.54. The Morgan fingerprint density at radius 1 is 1.60 bits per heavy atom. The number of thiophene rings is 1. The van der Waals surface area contributed by atoms with Gasteiger partial charge >= 0.3 is 5.97 Å². The van der Waals surface area contributed by atoms with Crippen LogP contribution in [-0.4, -0.2) is 37.5 Å². The van der Waals surface area contributed by atoms with Crippen molar-refractivity contribution in [2.75, 3.05) is 20.7 Å². The molecule has 0 radical (unpaired) electrons. The topological polar surface area (TPSA) is 46.6 Å². The van der Waals surface area contributed by atoms with E-state index in [4.69, 9.17) is 0 Å². The van der Waals surface area contributed by atoms with E-state index < -0.39 is 5.97 Å². The molecular weight excluding hydrogens is 329 g/mol. The molecule has 0 aliphatic heterocycles. The summed E-state index contributed by atoms with van der Waals surface area (Å²) in [7, 11) is 2.87. The maximum absolute atomic E-state index is 11.7. The lowest BCUT2D eigenvalue weighted by Crippen LogP contribution is -2.32. The fraction of sp³-hybridized carbons (Fsp3) is 0.333.